The molecule has 0 saturated heterocycles. The third kappa shape index (κ3) is 2.99. The van der Waals surface area contributed by atoms with Gasteiger partial charge in [-0.2, -0.15) is 5.10 Å². The summed E-state index contributed by atoms with van der Waals surface area (Å²) in [7, 11) is 3.56. The number of nitrogens with zero attached hydrogens (tertiary/aromatic N) is 2. The maximum Gasteiger partial charge on any atom is 0.147 e. The summed E-state index contributed by atoms with van der Waals surface area (Å²) in [6.07, 6.45) is 0.904. The second-order valence-electron chi connectivity index (χ2n) is 4.50. The van der Waals surface area contributed by atoms with E-state index in [4.69, 9.17) is 10.5 Å². The highest BCUT2D eigenvalue weighted by Gasteiger charge is 2.08. The maximum absolute atomic E-state index is 5.96. The molecule has 0 fully saturated rings. The Hall–Kier alpha value is -2.17. The smallest absolute Gasteiger partial charge is 0.147 e. The number of methoxy groups -OCH3 is 1. The first kappa shape index (κ1) is 13.3. The van der Waals surface area contributed by atoms with E-state index in [9.17, 15) is 0 Å². The number of hydrogen-bond donors (Lipinski definition) is 2. The van der Waals surface area contributed by atoms with E-state index in [-0.39, 0.29) is 0 Å². The van der Waals surface area contributed by atoms with Crippen LogP contribution < -0.4 is 15.8 Å². The number of benzene rings is 1. The van der Waals surface area contributed by atoms with Gasteiger partial charge in [-0.15, -0.1) is 0 Å². The van der Waals surface area contributed by atoms with E-state index in [1.807, 2.05) is 32.2 Å². The first-order valence-electron chi connectivity index (χ1n) is 6.27. The highest BCUT2D eigenvalue weighted by atomic mass is 16.5. The Bertz CT molecular complexity index is 563. The van der Waals surface area contributed by atoms with Gasteiger partial charge in [-0.1, -0.05) is 12.1 Å². The van der Waals surface area contributed by atoms with Crippen molar-refractivity contribution in [2.45, 2.75) is 13.3 Å². The van der Waals surface area contributed by atoms with Gasteiger partial charge in [0, 0.05) is 13.6 Å². The molecule has 0 bridgehead atoms. The fourth-order valence-corrected chi connectivity index (χ4v) is 2.04. The Morgan fingerprint density at radius 2 is 2.21 bits per heavy atom. The molecule has 5 heteroatoms. The SMILES string of the molecule is COc1cccc(CCNc2c(N)c(C)nn2C)c1. The average molecular weight is 260 g/mol. The monoisotopic (exact) mass is 260 g/mol. The van der Waals surface area contributed by atoms with Crippen molar-refractivity contribution in [2.24, 2.45) is 7.05 Å². The van der Waals surface area contributed by atoms with Gasteiger partial charge in [-0.25, -0.2) is 0 Å². The fourth-order valence-electron chi connectivity index (χ4n) is 2.04. The molecule has 19 heavy (non-hydrogen) atoms. The number of hydrogen-bond acceptors (Lipinski definition) is 4. The maximum atomic E-state index is 5.96. The molecular weight excluding hydrogens is 240 g/mol. The Labute approximate surface area is 113 Å². The van der Waals surface area contributed by atoms with Crippen LogP contribution in [0, 0.1) is 6.92 Å². The van der Waals surface area contributed by atoms with Crippen LogP contribution in [-0.4, -0.2) is 23.4 Å². The molecule has 1 aromatic carbocycles. The van der Waals surface area contributed by atoms with Gasteiger partial charge in [0.25, 0.3) is 0 Å². The highest BCUT2D eigenvalue weighted by Crippen LogP contribution is 2.21. The minimum absolute atomic E-state index is 0.716. The number of ether oxygens (including phenoxy) is 1. The molecule has 0 atom stereocenters. The van der Waals surface area contributed by atoms with Gasteiger partial charge < -0.3 is 15.8 Å². The quantitative estimate of drug-likeness (QED) is 0.862. The molecule has 2 aromatic rings. The second-order valence-corrected chi connectivity index (χ2v) is 4.50. The molecule has 0 radical (unpaired) electrons. The summed E-state index contributed by atoms with van der Waals surface area (Å²) in [6, 6.07) is 8.07. The molecule has 0 amide bonds. The number of rotatable bonds is 5. The molecule has 5 nitrogen and oxygen atoms in total. The molecule has 102 valence electrons. The minimum atomic E-state index is 0.716. The highest BCUT2D eigenvalue weighted by molar-refractivity contribution is 5.64. The topological polar surface area (TPSA) is 65.1 Å². The van der Waals surface area contributed by atoms with Crippen molar-refractivity contribution < 1.29 is 4.74 Å². The second kappa shape index (κ2) is 5.65. The van der Waals surface area contributed by atoms with Crippen LogP contribution in [0.2, 0.25) is 0 Å². The summed E-state index contributed by atoms with van der Waals surface area (Å²) in [5.74, 6) is 1.76. The summed E-state index contributed by atoms with van der Waals surface area (Å²) in [5, 5.41) is 7.60. The normalized spacial score (nSPS) is 10.5. The van der Waals surface area contributed by atoms with Crippen molar-refractivity contribution in [3.8, 4) is 5.75 Å². The van der Waals surface area contributed by atoms with Crippen LogP contribution in [0.25, 0.3) is 0 Å². The molecule has 0 saturated carbocycles. The molecule has 2 rings (SSSR count). The van der Waals surface area contributed by atoms with E-state index in [1.165, 1.54) is 5.56 Å². The van der Waals surface area contributed by atoms with Gasteiger partial charge in [0.2, 0.25) is 0 Å². The van der Waals surface area contributed by atoms with E-state index >= 15 is 0 Å². The Balaban J connectivity index is 1.96. The zero-order valence-corrected chi connectivity index (χ0v) is 11.6. The Morgan fingerprint density at radius 3 is 2.84 bits per heavy atom. The average Bonchev–Trinajstić information content (AvgIpc) is 2.65. The third-order valence-electron chi connectivity index (χ3n) is 3.11. The molecule has 0 aliphatic heterocycles. The Morgan fingerprint density at radius 1 is 1.42 bits per heavy atom. The molecule has 0 aliphatic rings. The van der Waals surface area contributed by atoms with Gasteiger partial charge >= 0.3 is 0 Å². The lowest BCUT2D eigenvalue weighted by atomic mass is 10.1. The summed E-state index contributed by atoms with van der Waals surface area (Å²) in [5.41, 5.74) is 8.76. The number of aryl methyl sites for hydroxylation is 2. The van der Waals surface area contributed by atoms with Gasteiger partial charge in [-0.3, -0.25) is 4.68 Å². The van der Waals surface area contributed by atoms with Crippen LogP contribution in [-0.2, 0) is 13.5 Å². The number of nitrogens with one attached hydrogen (secondary N) is 1. The van der Waals surface area contributed by atoms with Crippen molar-refractivity contribution in [3.05, 3.63) is 35.5 Å². The van der Waals surface area contributed by atoms with E-state index in [0.717, 1.165) is 30.2 Å². The summed E-state index contributed by atoms with van der Waals surface area (Å²) >= 11 is 0. The summed E-state index contributed by atoms with van der Waals surface area (Å²) < 4.78 is 6.98. The number of nitrogen functional groups attached to an aromatic ring is 1. The van der Waals surface area contributed by atoms with Crippen LogP contribution in [0.15, 0.2) is 24.3 Å². The first-order valence-corrected chi connectivity index (χ1v) is 6.27. The van der Waals surface area contributed by atoms with E-state index < -0.39 is 0 Å². The molecule has 0 spiro atoms. The molecular formula is C14H20N4O. The number of nitrogens with two attached hydrogens (primary N) is 1. The van der Waals surface area contributed by atoms with Gasteiger partial charge in [0.15, 0.2) is 0 Å². The van der Waals surface area contributed by atoms with Crippen LogP contribution in [0.3, 0.4) is 0 Å². The predicted octanol–water partition coefficient (Wildman–Crippen LogP) is 1.97. The molecule has 1 heterocycles. The summed E-state index contributed by atoms with van der Waals surface area (Å²) in [6.45, 7) is 2.71. The van der Waals surface area contributed by atoms with Crippen LogP contribution in [0.4, 0.5) is 11.5 Å². The fraction of sp³-hybridized carbons (Fsp3) is 0.357. The minimum Gasteiger partial charge on any atom is -0.497 e. The largest absolute Gasteiger partial charge is 0.497 e. The summed E-state index contributed by atoms with van der Waals surface area (Å²) in [4.78, 5) is 0. The number of aromatic nitrogens is 2. The van der Waals surface area contributed by atoms with Gasteiger partial charge in [0.05, 0.1) is 18.5 Å². The lowest BCUT2D eigenvalue weighted by Gasteiger charge is -2.08. The molecule has 0 aliphatic carbocycles. The molecule has 1 aromatic heterocycles. The van der Waals surface area contributed by atoms with Crippen LogP contribution in [0.5, 0.6) is 5.75 Å². The van der Waals surface area contributed by atoms with E-state index in [0.29, 0.717) is 5.69 Å². The van der Waals surface area contributed by atoms with Crippen LogP contribution >= 0.6 is 0 Å². The van der Waals surface area contributed by atoms with Crippen molar-refractivity contribution in [3.63, 3.8) is 0 Å². The standard InChI is InChI=1S/C14H20N4O/c1-10-13(15)14(18(2)17-10)16-8-7-11-5-4-6-12(9-11)19-3/h4-6,9,16H,7-8,15H2,1-3H3. The van der Waals surface area contributed by atoms with Crippen molar-refractivity contribution >= 4 is 11.5 Å². The van der Waals surface area contributed by atoms with Crippen molar-refractivity contribution in [1.29, 1.82) is 0 Å². The lowest BCUT2D eigenvalue weighted by Crippen LogP contribution is -2.10. The number of anilines is 2. The first-order chi connectivity index (χ1) is 9.11. The lowest BCUT2D eigenvalue weighted by molar-refractivity contribution is 0.414. The van der Waals surface area contributed by atoms with Crippen LogP contribution in [0.1, 0.15) is 11.3 Å². The van der Waals surface area contributed by atoms with Gasteiger partial charge in [-0.05, 0) is 31.0 Å². The van der Waals surface area contributed by atoms with E-state index in [1.54, 1.807) is 11.8 Å². The van der Waals surface area contributed by atoms with Gasteiger partial charge in [0.1, 0.15) is 11.6 Å². The molecule has 3 N–H and O–H groups in total. The third-order valence-corrected chi connectivity index (χ3v) is 3.11. The Kier molecular flexibility index (Phi) is 3.94. The van der Waals surface area contributed by atoms with E-state index in [2.05, 4.69) is 16.5 Å². The predicted molar refractivity (Wildman–Crippen MR) is 77.5 cm³/mol. The van der Waals surface area contributed by atoms with Crippen molar-refractivity contribution in [1.82, 2.24) is 9.78 Å². The molecule has 0 unspecified atom stereocenters. The zero-order valence-electron chi connectivity index (χ0n) is 11.6. The van der Waals surface area contributed by atoms with Crippen molar-refractivity contribution in [2.75, 3.05) is 24.7 Å². The zero-order chi connectivity index (χ0) is 13.8.